The molecule has 1 amide bonds. The SMILES string of the molecule is CCCCCCCC/C=C\CCCCCCCCNC(=O)c1ccccc1.[H-].[K+]. The molecular weight excluding hydrogens is 369 g/mol. The number of nitrogens with one attached hydrogen (secondary N) is 1. The fourth-order valence-electron chi connectivity index (χ4n) is 3.27. The summed E-state index contributed by atoms with van der Waals surface area (Å²) in [7, 11) is 0. The van der Waals surface area contributed by atoms with Crippen LogP contribution in [0.5, 0.6) is 0 Å². The zero-order chi connectivity index (χ0) is 19.4. The molecule has 0 heterocycles. The van der Waals surface area contributed by atoms with Crippen molar-refractivity contribution in [2.45, 2.75) is 96.8 Å². The summed E-state index contributed by atoms with van der Waals surface area (Å²) in [4.78, 5) is 11.9. The molecule has 0 bridgehead atoms. The second-order valence-electron chi connectivity index (χ2n) is 7.56. The molecule has 0 unspecified atom stereocenters. The van der Waals surface area contributed by atoms with Crippen molar-refractivity contribution in [3.8, 4) is 0 Å². The number of unbranched alkanes of at least 4 members (excludes halogenated alkanes) is 12. The maximum atomic E-state index is 11.9. The second kappa shape index (κ2) is 21.8. The molecule has 0 saturated carbocycles. The fourth-order valence-corrected chi connectivity index (χ4v) is 3.27. The summed E-state index contributed by atoms with van der Waals surface area (Å²) in [6.07, 6.45) is 23.1. The van der Waals surface area contributed by atoms with Crippen LogP contribution in [-0.4, -0.2) is 12.5 Å². The molecule has 1 N–H and O–H groups in total. The third kappa shape index (κ3) is 17.0. The van der Waals surface area contributed by atoms with Crippen LogP contribution in [0.1, 0.15) is 109 Å². The quantitative estimate of drug-likeness (QED) is 0.227. The van der Waals surface area contributed by atoms with E-state index in [1.54, 1.807) is 0 Å². The molecule has 0 aliphatic rings. The predicted molar refractivity (Wildman–Crippen MR) is 119 cm³/mol. The molecule has 2 nitrogen and oxygen atoms in total. The van der Waals surface area contributed by atoms with E-state index in [1.165, 1.54) is 83.5 Å². The second-order valence-corrected chi connectivity index (χ2v) is 7.56. The Morgan fingerprint density at radius 2 is 1.29 bits per heavy atom. The van der Waals surface area contributed by atoms with Crippen molar-refractivity contribution in [3.05, 3.63) is 48.0 Å². The number of allylic oxidation sites excluding steroid dienone is 2. The Morgan fingerprint density at radius 1 is 0.786 bits per heavy atom. The van der Waals surface area contributed by atoms with Gasteiger partial charge in [0.1, 0.15) is 0 Å². The van der Waals surface area contributed by atoms with E-state index in [1.807, 2.05) is 30.3 Å². The van der Waals surface area contributed by atoms with Crippen LogP contribution in [0.25, 0.3) is 0 Å². The minimum Gasteiger partial charge on any atom is -1.00 e. The first-order chi connectivity index (χ1) is 13.3. The van der Waals surface area contributed by atoms with Crippen molar-refractivity contribution >= 4 is 5.91 Å². The largest absolute Gasteiger partial charge is 1.00 e. The number of amides is 1. The number of carbonyl (C=O) groups excluding carboxylic acids is 1. The van der Waals surface area contributed by atoms with Gasteiger partial charge in [-0.1, -0.05) is 95.1 Å². The van der Waals surface area contributed by atoms with Crippen LogP contribution in [0.3, 0.4) is 0 Å². The van der Waals surface area contributed by atoms with Gasteiger partial charge in [0.05, 0.1) is 0 Å². The minimum absolute atomic E-state index is 0. The summed E-state index contributed by atoms with van der Waals surface area (Å²) in [6.45, 7) is 3.06. The van der Waals surface area contributed by atoms with Crippen molar-refractivity contribution in [1.82, 2.24) is 5.32 Å². The number of rotatable bonds is 17. The van der Waals surface area contributed by atoms with E-state index in [0.29, 0.717) is 0 Å². The van der Waals surface area contributed by atoms with Crippen molar-refractivity contribution in [2.75, 3.05) is 6.54 Å². The Labute approximate surface area is 218 Å². The normalized spacial score (nSPS) is 10.8. The summed E-state index contributed by atoms with van der Waals surface area (Å²) >= 11 is 0. The number of hydrogen-bond donors (Lipinski definition) is 1. The van der Waals surface area contributed by atoms with Crippen molar-refractivity contribution in [1.29, 1.82) is 0 Å². The van der Waals surface area contributed by atoms with E-state index in [9.17, 15) is 4.79 Å². The van der Waals surface area contributed by atoms with Crippen LogP contribution in [0.4, 0.5) is 0 Å². The molecule has 3 heteroatoms. The molecular formula is C25H42KNO. The molecule has 0 radical (unpaired) electrons. The molecule has 0 aliphatic carbocycles. The van der Waals surface area contributed by atoms with Crippen LogP contribution in [0, 0.1) is 0 Å². The van der Waals surface area contributed by atoms with Crippen LogP contribution >= 0.6 is 0 Å². The Morgan fingerprint density at radius 3 is 1.86 bits per heavy atom. The van der Waals surface area contributed by atoms with Gasteiger partial charge in [0.2, 0.25) is 0 Å². The van der Waals surface area contributed by atoms with Crippen molar-refractivity contribution < 1.29 is 57.6 Å². The van der Waals surface area contributed by atoms with Gasteiger partial charge in [-0.3, -0.25) is 4.79 Å². The summed E-state index contributed by atoms with van der Waals surface area (Å²) < 4.78 is 0. The fraction of sp³-hybridized carbons (Fsp3) is 0.640. The van der Waals surface area contributed by atoms with Gasteiger partial charge >= 0.3 is 51.4 Å². The molecule has 28 heavy (non-hydrogen) atoms. The Kier molecular flexibility index (Phi) is 21.8. The Balaban J connectivity index is 0. The molecule has 1 aromatic rings. The topological polar surface area (TPSA) is 29.1 Å². The molecule has 0 saturated heterocycles. The molecule has 0 aromatic heterocycles. The van der Waals surface area contributed by atoms with Crippen LogP contribution in [0.15, 0.2) is 42.5 Å². The van der Waals surface area contributed by atoms with Crippen LogP contribution in [-0.2, 0) is 0 Å². The first-order valence-electron chi connectivity index (χ1n) is 11.3. The summed E-state index contributed by atoms with van der Waals surface area (Å²) in [5.41, 5.74) is 0.752. The van der Waals surface area contributed by atoms with Gasteiger partial charge in [-0.25, -0.2) is 0 Å². The van der Waals surface area contributed by atoms with Crippen LogP contribution in [0.2, 0.25) is 0 Å². The van der Waals surface area contributed by atoms with Crippen molar-refractivity contribution in [3.63, 3.8) is 0 Å². The standard InChI is InChI=1S/C25H41NO.K.H/c1-2-3-4-5-6-7-8-9-10-11-12-13-14-15-16-20-23-26-25(27)24-21-18-17-19-22-24;;/h9-10,17-19,21-22H,2-8,11-16,20,23H2,1H3,(H,26,27);;/q;+1;-1/b10-9-;;. The third-order valence-corrected chi connectivity index (χ3v) is 5.01. The number of hydrogen-bond acceptors (Lipinski definition) is 1. The molecule has 154 valence electrons. The van der Waals surface area contributed by atoms with Gasteiger partial charge < -0.3 is 6.74 Å². The van der Waals surface area contributed by atoms with E-state index in [-0.39, 0.29) is 58.7 Å². The molecule has 0 fully saturated rings. The first kappa shape index (κ1) is 28.1. The van der Waals surface area contributed by atoms with Gasteiger partial charge in [0.25, 0.3) is 5.91 Å². The zero-order valence-electron chi connectivity index (χ0n) is 19.6. The average molecular weight is 412 g/mol. The van der Waals surface area contributed by atoms with E-state index < -0.39 is 0 Å². The maximum absolute atomic E-state index is 11.9. The molecule has 0 spiro atoms. The van der Waals surface area contributed by atoms with E-state index >= 15 is 0 Å². The Hall–Kier alpha value is 0.0664. The van der Waals surface area contributed by atoms with E-state index in [2.05, 4.69) is 24.4 Å². The molecule has 1 rings (SSSR count). The van der Waals surface area contributed by atoms with Crippen LogP contribution < -0.4 is 56.7 Å². The summed E-state index contributed by atoms with van der Waals surface area (Å²) in [5.74, 6) is 0.0448. The van der Waals surface area contributed by atoms with Gasteiger partial charge in [-0.15, -0.1) is 0 Å². The molecule has 1 aromatic carbocycles. The molecule has 0 aliphatic heterocycles. The summed E-state index contributed by atoms with van der Waals surface area (Å²) in [6, 6.07) is 9.45. The van der Waals surface area contributed by atoms with Gasteiger partial charge in [0.15, 0.2) is 0 Å². The number of benzene rings is 1. The van der Waals surface area contributed by atoms with Crippen molar-refractivity contribution in [2.24, 2.45) is 0 Å². The monoisotopic (exact) mass is 411 g/mol. The molecule has 0 atom stereocenters. The minimum atomic E-state index is 0. The Bertz CT molecular complexity index is 493. The van der Waals surface area contributed by atoms with E-state index in [0.717, 1.165) is 18.5 Å². The first-order valence-corrected chi connectivity index (χ1v) is 11.3. The number of carbonyl (C=O) groups is 1. The zero-order valence-corrected chi connectivity index (χ0v) is 21.7. The third-order valence-electron chi connectivity index (χ3n) is 5.01. The van der Waals surface area contributed by atoms with Gasteiger partial charge in [0, 0.05) is 12.1 Å². The summed E-state index contributed by atoms with van der Waals surface area (Å²) in [5, 5.41) is 3.00. The van der Waals surface area contributed by atoms with E-state index in [4.69, 9.17) is 0 Å². The van der Waals surface area contributed by atoms with Gasteiger partial charge in [-0.05, 0) is 44.2 Å². The average Bonchev–Trinajstić information content (AvgIpc) is 2.70. The maximum Gasteiger partial charge on any atom is 1.00 e. The van der Waals surface area contributed by atoms with Gasteiger partial charge in [-0.2, -0.15) is 0 Å². The smallest absolute Gasteiger partial charge is 1.00 e. The predicted octanol–water partition coefficient (Wildman–Crippen LogP) is 4.57.